The van der Waals surface area contributed by atoms with Gasteiger partial charge in [0.05, 0.1) is 17.4 Å². The van der Waals surface area contributed by atoms with E-state index in [1.54, 1.807) is 60.0 Å². The minimum Gasteiger partial charge on any atom is -0.497 e. The summed E-state index contributed by atoms with van der Waals surface area (Å²) in [6.45, 7) is 5.89. The molecule has 186 valence electrons. The Hall–Kier alpha value is -4.18. The number of amides is 1. The molecule has 4 rings (SSSR count). The fraction of sp³-hybridized carbons (Fsp3) is 0.192. The highest BCUT2D eigenvalue weighted by Crippen LogP contribution is 2.24. The molecule has 2 aromatic carbocycles. The summed E-state index contributed by atoms with van der Waals surface area (Å²) in [4.78, 5) is 30.6. The third kappa shape index (κ3) is 4.94. The fourth-order valence-electron chi connectivity index (χ4n) is 3.80. The summed E-state index contributed by atoms with van der Waals surface area (Å²) in [5.74, 6) is -0.0411. The number of aryl methyl sites for hydroxylation is 3. The van der Waals surface area contributed by atoms with Crippen molar-refractivity contribution >= 4 is 38.3 Å². The second-order valence-electron chi connectivity index (χ2n) is 8.25. The molecule has 2 aromatic heterocycles. The number of nitrogens with one attached hydrogen (secondary N) is 2. The Morgan fingerprint density at radius 3 is 2.39 bits per heavy atom. The van der Waals surface area contributed by atoms with Gasteiger partial charge in [0.2, 0.25) is 5.43 Å². The number of methoxy groups -OCH3 is 1. The highest BCUT2D eigenvalue weighted by atomic mass is 32.2. The molecule has 0 aliphatic rings. The van der Waals surface area contributed by atoms with Crippen molar-refractivity contribution < 1.29 is 17.9 Å². The van der Waals surface area contributed by atoms with Crippen LogP contribution in [0.2, 0.25) is 0 Å². The lowest BCUT2D eigenvalue weighted by Gasteiger charge is -2.14. The normalized spacial score (nSPS) is 11.3. The number of pyridine rings is 2. The van der Waals surface area contributed by atoms with Crippen molar-refractivity contribution in [2.24, 2.45) is 0 Å². The average molecular weight is 507 g/mol. The minimum atomic E-state index is -3.95. The molecule has 1 amide bonds. The predicted molar refractivity (Wildman–Crippen MR) is 139 cm³/mol. The first-order valence-electron chi connectivity index (χ1n) is 11.2. The lowest BCUT2D eigenvalue weighted by Crippen LogP contribution is -2.24. The van der Waals surface area contributed by atoms with E-state index >= 15 is 0 Å². The molecule has 2 heterocycles. The fourth-order valence-corrected chi connectivity index (χ4v) is 5.13. The van der Waals surface area contributed by atoms with Crippen LogP contribution in [0.1, 0.15) is 28.5 Å². The molecule has 0 saturated heterocycles. The van der Waals surface area contributed by atoms with Crippen LogP contribution in [0.3, 0.4) is 0 Å². The van der Waals surface area contributed by atoms with Crippen molar-refractivity contribution in [1.29, 1.82) is 0 Å². The SMILES string of the molecule is CCn1cc(C(=O)Nc2ccc(C)c(S(=O)(=O)Nc3ccc(OC)cc3)c2)c(=O)c2ccc(C)nc21. The maximum Gasteiger partial charge on any atom is 0.262 e. The van der Waals surface area contributed by atoms with Crippen LogP contribution in [0, 0.1) is 13.8 Å². The van der Waals surface area contributed by atoms with E-state index in [-0.39, 0.29) is 16.1 Å². The zero-order valence-electron chi connectivity index (χ0n) is 20.3. The van der Waals surface area contributed by atoms with Crippen LogP contribution in [0.15, 0.2) is 70.5 Å². The van der Waals surface area contributed by atoms with Crippen LogP contribution < -0.4 is 20.2 Å². The molecular weight excluding hydrogens is 480 g/mol. The average Bonchev–Trinajstić information content (AvgIpc) is 2.85. The van der Waals surface area contributed by atoms with Gasteiger partial charge in [-0.2, -0.15) is 0 Å². The largest absolute Gasteiger partial charge is 0.497 e. The number of carbonyl (C=O) groups is 1. The Balaban J connectivity index is 1.65. The third-order valence-electron chi connectivity index (χ3n) is 5.72. The number of sulfonamides is 1. The summed E-state index contributed by atoms with van der Waals surface area (Å²) in [6.07, 6.45) is 1.48. The summed E-state index contributed by atoms with van der Waals surface area (Å²) in [7, 11) is -2.43. The first kappa shape index (κ1) is 24.9. The van der Waals surface area contributed by atoms with Crippen LogP contribution in [0.25, 0.3) is 11.0 Å². The smallest absolute Gasteiger partial charge is 0.262 e. The number of rotatable bonds is 7. The molecular formula is C26H26N4O5S. The summed E-state index contributed by atoms with van der Waals surface area (Å²) < 4.78 is 35.5. The molecule has 0 unspecified atom stereocenters. The Bertz CT molecular complexity index is 1630. The maximum atomic E-state index is 13.1. The lowest BCUT2D eigenvalue weighted by atomic mass is 10.1. The van der Waals surface area contributed by atoms with Gasteiger partial charge in [0.25, 0.3) is 15.9 Å². The summed E-state index contributed by atoms with van der Waals surface area (Å²) in [5.41, 5.74) is 1.87. The van der Waals surface area contributed by atoms with Crippen molar-refractivity contribution in [2.75, 3.05) is 17.1 Å². The number of fused-ring (bicyclic) bond motifs is 1. The number of nitrogens with zero attached hydrogens (tertiary/aromatic N) is 2. The molecule has 0 aliphatic carbocycles. The minimum absolute atomic E-state index is 0.000254. The van der Waals surface area contributed by atoms with Crippen molar-refractivity contribution in [2.45, 2.75) is 32.2 Å². The van der Waals surface area contributed by atoms with Crippen molar-refractivity contribution in [3.63, 3.8) is 0 Å². The first-order chi connectivity index (χ1) is 17.1. The van der Waals surface area contributed by atoms with Crippen molar-refractivity contribution in [1.82, 2.24) is 9.55 Å². The zero-order valence-corrected chi connectivity index (χ0v) is 21.1. The van der Waals surface area contributed by atoms with E-state index in [9.17, 15) is 18.0 Å². The highest BCUT2D eigenvalue weighted by molar-refractivity contribution is 7.92. The molecule has 0 atom stereocenters. The number of anilines is 2. The van der Waals surface area contributed by atoms with Crippen molar-refractivity contribution in [3.8, 4) is 5.75 Å². The van der Waals surface area contributed by atoms with E-state index in [1.165, 1.54) is 19.4 Å². The van der Waals surface area contributed by atoms with Gasteiger partial charge in [0, 0.05) is 29.8 Å². The maximum absolute atomic E-state index is 13.1. The topological polar surface area (TPSA) is 119 Å². The molecule has 0 aliphatic heterocycles. The van der Waals surface area contributed by atoms with E-state index in [0.29, 0.717) is 34.6 Å². The number of ether oxygens (including phenoxy) is 1. The van der Waals surface area contributed by atoms with Crippen LogP contribution in [0.5, 0.6) is 5.75 Å². The van der Waals surface area contributed by atoms with Crippen molar-refractivity contribution in [3.05, 3.63) is 87.8 Å². The van der Waals surface area contributed by atoms with Gasteiger partial charge in [-0.05, 0) is 74.9 Å². The van der Waals surface area contributed by atoms with E-state index < -0.39 is 21.4 Å². The Morgan fingerprint density at radius 2 is 1.72 bits per heavy atom. The summed E-state index contributed by atoms with van der Waals surface area (Å²) in [5, 5.41) is 3.00. The standard InChI is InChI=1S/C26H26N4O5S/c1-5-30-15-22(24(31)21-13-7-17(3)27-25(21)30)26(32)28-19-8-6-16(2)23(14-19)36(33,34)29-18-9-11-20(35-4)12-10-18/h6-15,29H,5H2,1-4H3,(H,28,32). The van der Waals surface area contributed by atoms with Gasteiger partial charge < -0.3 is 14.6 Å². The molecule has 0 fully saturated rings. The van der Waals surface area contributed by atoms with Gasteiger partial charge in [0.1, 0.15) is 17.0 Å². The summed E-state index contributed by atoms with van der Waals surface area (Å²) in [6, 6.07) is 14.4. The van der Waals surface area contributed by atoms with E-state index in [2.05, 4.69) is 15.0 Å². The van der Waals surface area contributed by atoms with Gasteiger partial charge >= 0.3 is 0 Å². The third-order valence-corrected chi connectivity index (χ3v) is 7.25. The van der Waals surface area contributed by atoms with Gasteiger partial charge in [-0.25, -0.2) is 13.4 Å². The Labute approximate surface area is 208 Å². The van der Waals surface area contributed by atoms with Gasteiger partial charge in [-0.1, -0.05) is 6.07 Å². The summed E-state index contributed by atoms with van der Waals surface area (Å²) >= 11 is 0. The molecule has 0 saturated carbocycles. The number of benzene rings is 2. The molecule has 2 N–H and O–H groups in total. The second-order valence-corrected chi connectivity index (χ2v) is 9.90. The number of hydrogen-bond acceptors (Lipinski definition) is 6. The molecule has 10 heteroatoms. The van der Waals surface area contributed by atoms with E-state index in [0.717, 1.165) is 5.69 Å². The Morgan fingerprint density at radius 1 is 1.03 bits per heavy atom. The molecule has 4 aromatic rings. The van der Waals surface area contributed by atoms with Crippen LogP contribution >= 0.6 is 0 Å². The monoisotopic (exact) mass is 506 g/mol. The predicted octanol–water partition coefficient (Wildman–Crippen LogP) is 4.09. The molecule has 0 spiro atoms. The number of carbonyl (C=O) groups excluding carboxylic acids is 1. The van der Waals surface area contributed by atoms with Crippen LogP contribution in [-0.4, -0.2) is 31.0 Å². The molecule has 36 heavy (non-hydrogen) atoms. The number of aromatic nitrogens is 2. The van der Waals surface area contributed by atoms with Crippen LogP contribution in [-0.2, 0) is 16.6 Å². The van der Waals surface area contributed by atoms with Gasteiger partial charge in [-0.15, -0.1) is 0 Å². The quantitative estimate of drug-likeness (QED) is 0.390. The molecule has 0 radical (unpaired) electrons. The van der Waals surface area contributed by atoms with E-state index in [4.69, 9.17) is 4.74 Å². The van der Waals surface area contributed by atoms with Gasteiger partial charge in [-0.3, -0.25) is 14.3 Å². The van der Waals surface area contributed by atoms with Gasteiger partial charge in [0.15, 0.2) is 0 Å². The highest BCUT2D eigenvalue weighted by Gasteiger charge is 2.20. The molecule has 9 nitrogen and oxygen atoms in total. The second kappa shape index (κ2) is 9.82. The van der Waals surface area contributed by atoms with E-state index in [1.807, 2.05) is 13.8 Å². The molecule has 0 bridgehead atoms. The number of hydrogen-bond donors (Lipinski definition) is 2. The van der Waals surface area contributed by atoms with Crippen LogP contribution in [0.4, 0.5) is 11.4 Å². The zero-order chi connectivity index (χ0) is 26.0. The lowest BCUT2D eigenvalue weighted by molar-refractivity contribution is 0.102. The Kier molecular flexibility index (Phi) is 6.80. The first-order valence-corrected chi connectivity index (χ1v) is 12.7.